The molecule has 10 heteroatoms. The molecule has 0 bridgehead atoms. The van der Waals surface area contributed by atoms with E-state index in [9.17, 15) is 14.7 Å². The number of benzene rings is 2. The third kappa shape index (κ3) is 4.74. The Hall–Kier alpha value is -3.47. The van der Waals surface area contributed by atoms with Gasteiger partial charge in [-0.2, -0.15) is 0 Å². The zero-order valence-corrected chi connectivity index (χ0v) is 23.0. The van der Waals surface area contributed by atoms with Crippen molar-refractivity contribution < 1.29 is 19.4 Å². The highest BCUT2D eigenvalue weighted by molar-refractivity contribution is 5.94. The maximum Gasteiger partial charge on any atom is 0.352 e. The number of para-hydroxylation sites is 1. The Kier molecular flexibility index (Phi) is 7.24. The molecular formula is C30H36N4O6. The molecule has 3 aromatic rings. The number of ether oxygens (including phenoxy) is 2. The molecule has 1 saturated heterocycles. The summed E-state index contributed by atoms with van der Waals surface area (Å²) in [6.07, 6.45) is -1.23. The molecule has 10 nitrogen and oxygen atoms in total. The van der Waals surface area contributed by atoms with Crippen LogP contribution in [0.1, 0.15) is 38.8 Å². The highest BCUT2D eigenvalue weighted by Crippen LogP contribution is 2.46. The van der Waals surface area contributed by atoms with Crippen molar-refractivity contribution in [1.29, 1.82) is 0 Å². The molecule has 0 amide bonds. The summed E-state index contributed by atoms with van der Waals surface area (Å²) in [4.78, 5) is 32.7. The number of fused-ring (bicyclic) bond motifs is 4. The minimum atomic E-state index is -0.931. The first-order valence-corrected chi connectivity index (χ1v) is 14.1. The number of epoxide rings is 1. The van der Waals surface area contributed by atoms with Gasteiger partial charge in [0, 0.05) is 18.4 Å². The summed E-state index contributed by atoms with van der Waals surface area (Å²) in [5, 5.41) is 15.7. The van der Waals surface area contributed by atoms with Crippen LogP contribution in [0, 0.1) is 17.8 Å². The van der Waals surface area contributed by atoms with E-state index in [2.05, 4.69) is 25.9 Å². The first-order valence-electron chi connectivity index (χ1n) is 14.1. The lowest BCUT2D eigenvalue weighted by atomic mass is 9.78. The Bertz CT molecular complexity index is 1480. The summed E-state index contributed by atoms with van der Waals surface area (Å²) in [6, 6.07) is 18.3. The normalized spacial score (nSPS) is 27.5. The van der Waals surface area contributed by atoms with E-state index in [1.54, 1.807) is 24.3 Å². The molecule has 212 valence electrons. The van der Waals surface area contributed by atoms with E-state index in [4.69, 9.17) is 14.3 Å². The number of nitrogens with zero attached hydrogens (tertiary/aromatic N) is 4. The van der Waals surface area contributed by atoms with Crippen LogP contribution in [-0.4, -0.2) is 55.8 Å². The molecule has 3 aliphatic rings. The highest BCUT2D eigenvalue weighted by Gasteiger charge is 2.61. The second-order valence-electron chi connectivity index (χ2n) is 11.4. The van der Waals surface area contributed by atoms with Crippen LogP contribution in [0.5, 0.6) is 0 Å². The van der Waals surface area contributed by atoms with Gasteiger partial charge in [-0.15, -0.1) is 0 Å². The lowest BCUT2D eigenvalue weighted by Crippen LogP contribution is -2.53. The predicted molar refractivity (Wildman–Crippen MR) is 149 cm³/mol. The molecule has 0 unspecified atom stereocenters. The lowest BCUT2D eigenvalue weighted by Gasteiger charge is -2.38. The number of hydrogen-bond acceptors (Lipinski definition) is 7. The fourth-order valence-corrected chi connectivity index (χ4v) is 6.34. The zero-order chi connectivity index (χ0) is 28.0. The fourth-order valence-electron chi connectivity index (χ4n) is 6.34. The van der Waals surface area contributed by atoms with Gasteiger partial charge in [-0.1, -0.05) is 74.5 Å². The van der Waals surface area contributed by atoms with Crippen LogP contribution in [0.15, 0.2) is 75.4 Å². The Balaban J connectivity index is 1.20. The number of rotatable bonds is 9. The smallest absolute Gasteiger partial charge is 0.352 e. The van der Waals surface area contributed by atoms with Crippen LogP contribution in [0.25, 0.3) is 5.69 Å². The molecule has 7 atom stereocenters. The van der Waals surface area contributed by atoms with Crippen molar-refractivity contribution >= 4 is 5.71 Å². The van der Waals surface area contributed by atoms with Crippen LogP contribution >= 0.6 is 0 Å². The van der Waals surface area contributed by atoms with E-state index in [0.717, 1.165) is 10.1 Å². The van der Waals surface area contributed by atoms with Gasteiger partial charge in [-0.05, 0) is 30.0 Å². The average molecular weight is 549 g/mol. The van der Waals surface area contributed by atoms with Crippen LogP contribution < -0.4 is 11.4 Å². The first kappa shape index (κ1) is 26.7. The average Bonchev–Trinajstić information content (AvgIpc) is 3.72. The summed E-state index contributed by atoms with van der Waals surface area (Å²) in [7, 11) is 0. The van der Waals surface area contributed by atoms with E-state index in [1.165, 1.54) is 9.36 Å². The van der Waals surface area contributed by atoms with Crippen molar-refractivity contribution in [1.82, 2.24) is 13.9 Å². The quantitative estimate of drug-likeness (QED) is 0.325. The fraction of sp³-hybridized carbons (Fsp3) is 0.500. The van der Waals surface area contributed by atoms with E-state index in [1.807, 2.05) is 36.4 Å². The number of aliphatic hydroxyl groups excluding tert-OH is 1. The maximum absolute atomic E-state index is 13.5. The van der Waals surface area contributed by atoms with Gasteiger partial charge in [0.2, 0.25) is 0 Å². The second kappa shape index (κ2) is 10.8. The highest BCUT2D eigenvalue weighted by atomic mass is 16.6. The third-order valence-electron chi connectivity index (χ3n) is 8.31. The van der Waals surface area contributed by atoms with Crippen molar-refractivity contribution in [2.45, 2.75) is 70.8 Å². The Morgan fingerprint density at radius 1 is 1.02 bits per heavy atom. The van der Waals surface area contributed by atoms with Crippen LogP contribution in [-0.2, 0) is 27.5 Å². The van der Waals surface area contributed by atoms with Gasteiger partial charge in [0.05, 0.1) is 30.2 Å². The van der Waals surface area contributed by atoms with Gasteiger partial charge >= 0.3 is 11.4 Å². The molecule has 0 radical (unpaired) electrons. The molecule has 1 N–H and O–H groups in total. The standard InChI is InChI=1S/C30H36N4O6/c1-18(2)26(38-17-20-10-6-4-7-11-20)19(3)16-39-31-23-22-14-15-32-29(36)33(21-12-8-5-9-13-21)30(37)34(32)24(22)25(35)28-27(23)40-28/h4-13,18-19,22,24-28,35H,14-17H2,1-3H3/b31-23-/t19-,22-,24-,25+,26-,27-,28+/m1/s1. The van der Waals surface area contributed by atoms with Gasteiger partial charge in [-0.3, -0.25) is 0 Å². The van der Waals surface area contributed by atoms with Gasteiger partial charge < -0.3 is 19.4 Å². The summed E-state index contributed by atoms with van der Waals surface area (Å²) >= 11 is 0. The number of aromatic nitrogens is 3. The molecule has 2 aliphatic heterocycles. The van der Waals surface area contributed by atoms with Crippen LogP contribution in [0.2, 0.25) is 0 Å². The Morgan fingerprint density at radius 2 is 1.73 bits per heavy atom. The number of aliphatic hydroxyl groups is 1. The van der Waals surface area contributed by atoms with Gasteiger partial charge in [0.1, 0.15) is 24.9 Å². The predicted octanol–water partition coefficient (Wildman–Crippen LogP) is 2.75. The lowest BCUT2D eigenvalue weighted by molar-refractivity contribution is -0.0487. The molecule has 1 aliphatic carbocycles. The molecule has 1 saturated carbocycles. The van der Waals surface area contributed by atoms with Crippen molar-refractivity contribution in [2.75, 3.05) is 6.61 Å². The Morgan fingerprint density at radius 3 is 2.42 bits per heavy atom. The van der Waals surface area contributed by atoms with E-state index in [-0.39, 0.29) is 30.0 Å². The molecular weight excluding hydrogens is 512 g/mol. The van der Waals surface area contributed by atoms with Gasteiger partial charge in [0.25, 0.3) is 0 Å². The summed E-state index contributed by atoms with van der Waals surface area (Å²) < 4.78 is 16.1. The van der Waals surface area contributed by atoms with Crippen molar-refractivity contribution in [3.8, 4) is 5.69 Å². The third-order valence-corrected chi connectivity index (χ3v) is 8.31. The van der Waals surface area contributed by atoms with Gasteiger partial charge in [-0.25, -0.2) is 23.5 Å². The summed E-state index contributed by atoms with van der Waals surface area (Å²) in [6.45, 7) is 7.57. The minimum absolute atomic E-state index is 0.0216. The van der Waals surface area contributed by atoms with Crippen LogP contribution in [0.3, 0.4) is 0 Å². The Labute approximate surface area is 232 Å². The zero-order valence-electron chi connectivity index (χ0n) is 23.0. The SMILES string of the molecule is CC(C)[C@@H](OCc1ccccc1)[C@H](C)CO/N=C1/[C@H]2CCn3c(=O)n(-c4ccccc4)c(=O)n3[C@H]2[C@H](O)[C@@H]2O[C@H]12. The molecule has 40 heavy (non-hydrogen) atoms. The number of hydrogen-bond donors (Lipinski definition) is 1. The maximum atomic E-state index is 13.5. The summed E-state index contributed by atoms with van der Waals surface area (Å²) in [5.41, 5.74) is 1.41. The minimum Gasteiger partial charge on any atom is -0.395 e. The van der Waals surface area contributed by atoms with E-state index < -0.39 is 29.6 Å². The first-order chi connectivity index (χ1) is 19.4. The summed E-state index contributed by atoms with van der Waals surface area (Å²) in [5.74, 6) is 0.0805. The van der Waals surface area contributed by atoms with Crippen molar-refractivity contribution in [2.24, 2.45) is 22.9 Å². The molecule has 3 heterocycles. The largest absolute Gasteiger partial charge is 0.395 e. The monoisotopic (exact) mass is 548 g/mol. The van der Waals surface area contributed by atoms with Gasteiger partial charge in [0.15, 0.2) is 0 Å². The molecule has 2 fully saturated rings. The van der Waals surface area contributed by atoms with Crippen molar-refractivity contribution in [3.63, 3.8) is 0 Å². The van der Waals surface area contributed by atoms with Crippen LogP contribution in [0.4, 0.5) is 0 Å². The van der Waals surface area contributed by atoms with Crippen molar-refractivity contribution in [3.05, 3.63) is 87.2 Å². The molecule has 0 spiro atoms. The molecule has 6 rings (SSSR count). The van der Waals surface area contributed by atoms with E-state index >= 15 is 0 Å². The van der Waals surface area contributed by atoms with E-state index in [0.29, 0.717) is 37.6 Å². The molecule has 1 aromatic heterocycles. The molecule has 2 aromatic carbocycles. The topological polar surface area (TPSA) is 113 Å². The number of oxime groups is 1. The second-order valence-corrected chi connectivity index (χ2v) is 11.4.